The van der Waals surface area contributed by atoms with Crippen molar-refractivity contribution < 1.29 is 26.9 Å². The van der Waals surface area contributed by atoms with E-state index in [1.165, 1.54) is 29.2 Å². The van der Waals surface area contributed by atoms with Gasteiger partial charge in [-0.2, -0.15) is 18.2 Å². The fraction of sp³-hybridized carbons (Fsp3) is 0.250. The van der Waals surface area contributed by atoms with Crippen LogP contribution >= 0.6 is 0 Å². The number of alkyl halides is 3. The van der Waals surface area contributed by atoms with Gasteiger partial charge in [0.1, 0.15) is 5.82 Å². The van der Waals surface area contributed by atoms with Gasteiger partial charge in [0.15, 0.2) is 0 Å². The minimum Gasteiger partial charge on any atom is -0.339 e. The van der Waals surface area contributed by atoms with Crippen molar-refractivity contribution in [3.63, 3.8) is 0 Å². The summed E-state index contributed by atoms with van der Waals surface area (Å²) in [5, 5.41) is 3.75. The molecule has 1 aliphatic rings. The molecule has 4 rings (SSSR count). The molecule has 0 N–H and O–H groups in total. The van der Waals surface area contributed by atoms with Crippen molar-refractivity contribution in [1.29, 1.82) is 0 Å². The van der Waals surface area contributed by atoms with Crippen LogP contribution in [0.5, 0.6) is 0 Å². The summed E-state index contributed by atoms with van der Waals surface area (Å²) in [7, 11) is 0. The molecule has 5 nitrogen and oxygen atoms in total. The third-order valence-electron chi connectivity index (χ3n) is 4.76. The van der Waals surface area contributed by atoms with Gasteiger partial charge in [0.05, 0.1) is 17.2 Å². The van der Waals surface area contributed by atoms with E-state index in [0.717, 1.165) is 17.7 Å². The summed E-state index contributed by atoms with van der Waals surface area (Å²) < 4.78 is 58.1. The molecule has 0 aliphatic carbocycles. The second kappa shape index (κ2) is 6.98. The van der Waals surface area contributed by atoms with Crippen molar-refractivity contribution in [2.24, 2.45) is 0 Å². The predicted octanol–water partition coefficient (Wildman–Crippen LogP) is 4.72. The van der Waals surface area contributed by atoms with Crippen LogP contribution in [0.15, 0.2) is 47.0 Å². The van der Waals surface area contributed by atoms with E-state index in [4.69, 9.17) is 4.52 Å². The SMILES string of the molecule is Cc1ccc(N2CC(c3nc(-c4cccc(C(F)(F)F)c4)no3)CC2=O)c(F)c1. The highest BCUT2D eigenvalue weighted by atomic mass is 19.4. The van der Waals surface area contributed by atoms with Crippen molar-refractivity contribution in [3.8, 4) is 11.4 Å². The Balaban J connectivity index is 1.57. The van der Waals surface area contributed by atoms with Gasteiger partial charge < -0.3 is 9.42 Å². The third-order valence-corrected chi connectivity index (χ3v) is 4.76. The number of hydrogen-bond donors (Lipinski definition) is 0. The molecule has 2 aromatic carbocycles. The lowest BCUT2D eigenvalue weighted by Gasteiger charge is -2.17. The van der Waals surface area contributed by atoms with Crippen LogP contribution in [-0.4, -0.2) is 22.6 Å². The van der Waals surface area contributed by atoms with Crippen LogP contribution < -0.4 is 4.90 Å². The predicted molar refractivity (Wildman–Crippen MR) is 95.6 cm³/mol. The third kappa shape index (κ3) is 3.72. The average molecular weight is 405 g/mol. The van der Waals surface area contributed by atoms with Crippen LogP contribution in [-0.2, 0) is 11.0 Å². The minimum atomic E-state index is -4.49. The second-order valence-corrected chi connectivity index (χ2v) is 6.90. The van der Waals surface area contributed by atoms with Crippen LogP contribution in [0.2, 0.25) is 0 Å². The Morgan fingerprint density at radius 3 is 2.69 bits per heavy atom. The zero-order chi connectivity index (χ0) is 20.8. The van der Waals surface area contributed by atoms with Gasteiger partial charge in [0.2, 0.25) is 17.6 Å². The van der Waals surface area contributed by atoms with Gasteiger partial charge in [-0.25, -0.2) is 4.39 Å². The normalized spacial score (nSPS) is 17.2. The Bertz CT molecular complexity index is 1080. The van der Waals surface area contributed by atoms with Crippen LogP contribution in [0.4, 0.5) is 23.2 Å². The number of carbonyl (C=O) groups is 1. The molecule has 9 heteroatoms. The first kappa shape index (κ1) is 19.1. The summed E-state index contributed by atoms with van der Waals surface area (Å²) in [6.07, 6.45) is -4.45. The van der Waals surface area contributed by atoms with Gasteiger partial charge in [-0.3, -0.25) is 4.79 Å². The number of carbonyl (C=O) groups excluding carboxylic acids is 1. The number of amides is 1. The second-order valence-electron chi connectivity index (χ2n) is 6.90. The van der Waals surface area contributed by atoms with E-state index in [1.54, 1.807) is 13.0 Å². The molecule has 3 aromatic rings. The summed E-state index contributed by atoms with van der Waals surface area (Å²) in [5.41, 5.74) is 0.233. The zero-order valence-electron chi connectivity index (χ0n) is 15.2. The molecule has 2 heterocycles. The maximum atomic E-state index is 14.2. The Labute approximate surface area is 162 Å². The lowest BCUT2D eigenvalue weighted by atomic mass is 10.1. The number of aromatic nitrogens is 2. The molecule has 0 spiro atoms. The maximum Gasteiger partial charge on any atom is 0.416 e. The number of hydrogen-bond acceptors (Lipinski definition) is 4. The first-order chi connectivity index (χ1) is 13.7. The molecule has 1 aliphatic heterocycles. The van der Waals surface area contributed by atoms with E-state index in [-0.39, 0.29) is 41.8 Å². The number of aryl methyl sites for hydroxylation is 1. The summed E-state index contributed by atoms with van der Waals surface area (Å²) in [6.45, 7) is 1.89. The lowest BCUT2D eigenvalue weighted by molar-refractivity contribution is -0.137. The monoisotopic (exact) mass is 405 g/mol. The molecule has 1 unspecified atom stereocenters. The number of benzene rings is 2. The summed E-state index contributed by atoms with van der Waals surface area (Å²) in [5.74, 6) is -1.15. The van der Waals surface area contributed by atoms with Crippen LogP contribution in [0, 0.1) is 12.7 Å². The molecule has 0 saturated carbocycles. The van der Waals surface area contributed by atoms with Crippen LogP contribution in [0.1, 0.15) is 29.4 Å². The summed E-state index contributed by atoms with van der Waals surface area (Å²) >= 11 is 0. The fourth-order valence-electron chi connectivity index (χ4n) is 3.29. The Morgan fingerprint density at radius 2 is 1.97 bits per heavy atom. The maximum absolute atomic E-state index is 14.2. The zero-order valence-corrected chi connectivity index (χ0v) is 15.2. The quantitative estimate of drug-likeness (QED) is 0.592. The number of anilines is 1. The van der Waals surface area contributed by atoms with E-state index in [1.807, 2.05) is 0 Å². The highest BCUT2D eigenvalue weighted by Crippen LogP contribution is 2.35. The minimum absolute atomic E-state index is 0.00137. The molecule has 1 atom stereocenters. The Hall–Kier alpha value is -3.23. The van der Waals surface area contributed by atoms with Crippen molar-refractivity contribution in [2.75, 3.05) is 11.4 Å². The molecule has 1 amide bonds. The van der Waals surface area contributed by atoms with Gasteiger partial charge in [-0.05, 0) is 36.8 Å². The van der Waals surface area contributed by atoms with Gasteiger partial charge >= 0.3 is 6.18 Å². The largest absolute Gasteiger partial charge is 0.416 e. The molecule has 29 heavy (non-hydrogen) atoms. The highest BCUT2D eigenvalue weighted by Gasteiger charge is 2.36. The molecule has 150 valence electrons. The molecular formula is C20H15F4N3O2. The number of halogens is 4. The molecular weight excluding hydrogens is 390 g/mol. The average Bonchev–Trinajstić information content (AvgIpc) is 3.28. The standard InChI is InChI=1S/C20H15F4N3O2/c1-11-5-6-16(15(21)7-11)27-10-13(9-17(27)28)19-25-18(26-29-19)12-3-2-4-14(8-12)20(22,23)24/h2-8,13H,9-10H2,1H3. The van der Waals surface area contributed by atoms with Gasteiger partial charge in [-0.1, -0.05) is 23.4 Å². The van der Waals surface area contributed by atoms with Gasteiger partial charge in [-0.15, -0.1) is 0 Å². The summed E-state index contributed by atoms with van der Waals surface area (Å²) in [6, 6.07) is 9.17. The van der Waals surface area contributed by atoms with Gasteiger partial charge in [0.25, 0.3) is 0 Å². The lowest BCUT2D eigenvalue weighted by Crippen LogP contribution is -2.25. The van der Waals surface area contributed by atoms with Crippen LogP contribution in [0.3, 0.4) is 0 Å². The van der Waals surface area contributed by atoms with Gasteiger partial charge in [0, 0.05) is 18.5 Å². The molecule has 0 bridgehead atoms. The first-order valence-corrected chi connectivity index (χ1v) is 8.80. The summed E-state index contributed by atoms with van der Waals surface area (Å²) in [4.78, 5) is 17.9. The van der Waals surface area contributed by atoms with Crippen molar-refractivity contribution in [1.82, 2.24) is 10.1 Å². The van der Waals surface area contributed by atoms with E-state index in [0.29, 0.717) is 0 Å². The first-order valence-electron chi connectivity index (χ1n) is 8.80. The highest BCUT2D eigenvalue weighted by molar-refractivity contribution is 5.96. The van der Waals surface area contributed by atoms with E-state index < -0.39 is 23.5 Å². The molecule has 1 saturated heterocycles. The van der Waals surface area contributed by atoms with E-state index in [9.17, 15) is 22.4 Å². The topological polar surface area (TPSA) is 59.2 Å². The van der Waals surface area contributed by atoms with Crippen molar-refractivity contribution in [3.05, 3.63) is 65.3 Å². The molecule has 0 radical (unpaired) electrons. The van der Waals surface area contributed by atoms with Crippen LogP contribution in [0.25, 0.3) is 11.4 Å². The molecule has 1 aromatic heterocycles. The Kier molecular flexibility index (Phi) is 4.60. The Morgan fingerprint density at radius 1 is 1.17 bits per heavy atom. The number of nitrogens with zero attached hydrogens (tertiary/aromatic N) is 3. The molecule has 1 fully saturated rings. The van der Waals surface area contributed by atoms with E-state index >= 15 is 0 Å². The fourth-order valence-corrected chi connectivity index (χ4v) is 3.29. The van der Waals surface area contributed by atoms with Crippen molar-refractivity contribution >= 4 is 11.6 Å². The van der Waals surface area contributed by atoms with Crippen molar-refractivity contribution in [2.45, 2.75) is 25.4 Å². The number of rotatable bonds is 3. The van der Waals surface area contributed by atoms with E-state index in [2.05, 4.69) is 10.1 Å². The smallest absolute Gasteiger partial charge is 0.339 e.